The second-order valence-corrected chi connectivity index (χ2v) is 6.48. The average molecular weight is 374 g/mol. The summed E-state index contributed by atoms with van der Waals surface area (Å²) in [6.07, 6.45) is 0. The van der Waals surface area contributed by atoms with Crippen molar-refractivity contribution in [2.24, 2.45) is 4.99 Å². The molecule has 0 saturated heterocycles. The van der Waals surface area contributed by atoms with Gasteiger partial charge in [0.1, 0.15) is 5.82 Å². The Morgan fingerprint density at radius 1 is 1.19 bits per heavy atom. The zero-order chi connectivity index (χ0) is 18.5. The highest BCUT2D eigenvalue weighted by atomic mass is 32.2. The number of nitrogens with zero attached hydrogens (tertiary/aromatic N) is 2. The van der Waals surface area contributed by atoms with Crippen LogP contribution in [0.1, 0.15) is 15.9 Å². The van der Waals surface area contributed by atoms with Crippen molar-refractivity contribution in [3.8, 4) is 11.5 Å². The van der Waals surface area contributed by atoms with Crippen LogP contribution in [0.25, 0.3) is 0 Å². The Bertz CT molecular complexity index is 841. The van der Waals surface area contributed by atoms with E-state index in [1.54, 1.807) is 41.3 Å². The summed E-state index contributed by atoms with van der Waals surface area (Å²) in [5, 5.41) is 0.586. The number of ether oxygens (including phenoxy) is 2. The molecule has 1 heterocycles. The molecule has 7 heteroatoms. The lowest BCUT2D eigenvalue weighted by Gasteiger charge is -2.20. The van der Waals surface area contributed by atoms with E-state index in [9.17, 15) is 9.18 Å². The van der Waals surface area contributed by atoms with Gasteiger partial charge in [-0.15, -0.1) is 0 Å². The minimum absolute atomic E-state index is 0.210. The van der Waals surface area contributed by atoms with E-state index in [2.05, 4.69) is 4.99 Å². The van der Waals surface area contributed by atoms with Gasteiger partial charge in [-0.3, -0.25) is 14.7 Å². The predicted molar refractivity (Wildman–Crippen MR) is 101 cm³/mol. The number of thioether (sulfide) groups is 1. The van der Waals surface area contributed by atoms with Crippen LogP contribution in [0.2, 0.25) is 0 Å². The van der Waals surface area contributed by atoms with Gasteiger partial charge in [0.15, 0.2) is 16.7 Å². The molecule has 0 spiro atoms. The highest BCUT2D eigenvalue weighted by molar-refractivity contribution is 8.13. The SMILES string of the molecule is COc1cccc(C(=O)N2CCN=C2SCc2ccccc2F)c1OC. The van der Waals surface area contributed by atoms with E-state index in [-0.39, 0.29) is 11.7 Å². The Hall–Kier alpha value is -2.54. The molecule has 1 amide bonds. The summed E-state index contributed by atoms with van der Waals surface area (Å²) in [5.74, 6) is 0.828. The zero-order valence-electron chi connectivity index (χ0n) is 14.6. The molecule has 2 aromatic carbocycles. The molecule has 0 aliphatic carbocycles. The van der Waals surface area contributed by atoms with E-state index < -0.39 is 0 Å². The van der Waals surface area contributed by atoms with Crippen molar-refractivity contribution in [3.63, 3.8) is 0 Å². The van der Waals surface area contributed by atoms with Crippen molar-refractivity contribution in [2.45, 2.75) is 5.75 Å². The maximum atomic E-state index is 13.8. The molecule has 0 radical (unpaired) electrons. The van der Waals surface area contributed by atoms with Crippen LogP contribution < -0.4 is 9.47 Å². The van der Waals surface area contributed by atoms with Gasteiger partial charge in [-0.2, -0.15) is 0 Å². The zero-order valence-corrected chi connectivity index (χ0v) is 15.4. The van der Waals surface area contributed by atoms with Crippen LogP contribution >= 0.6 is 11.8 Å². The monoisotopic (exact) mass is 374 g/mol. The lowest BCUT2D eigenvalue weighted by molar-refractivity contribution is 0.0856. The van der Waals surface area contributed by atoms with Crippen LogP contribution in [-0.2, 0) is 5.75 Å². The number of carbonyl (C=O) groups excluding carboxylic acids is 1. The molecule has 2 aromatic rings. The van der Waals surface area contributed by atoms with Crippen molar-refractivity contribution >= 4 is 22.8 Å². The first-order valence-corrected chi connectivity index (χ1v) is 9.07. The molecule has 0 aromatic heterocycles. The van der Waals surface area contributed by atoms with Crippen molar-refractivity contribution in [2.75, 3.05) is 27.3 Å². The van der Waals surface area contributed by atoms with Crippen LogP contribution in [0.3, 0.4) is 0 Å². The highest BCUT2D eigenvalue weighted by Crippen LogP contribution is 2.32. The normalized spacial score (nSPS) is 13.5. The third kappa shape index (κ3) is 3.67. The molecule has 0 bridgehead atoms. The smallest absolute Gasteiger partial charge is 0.263 e. The molecule has 1 aliphatic heterocycles. The molecule has 3 rings (SSSR count). The second-order valence-electron chi connectivity index (χ2n) is 5.54. The molecule has 26 heavy (non-hydrogen) atoms. The van der Waals surface area contributed by atoms with Gasteiger partial charge in [0.25, 0.3) is 5.91 Å². The number of amidine groups is 1. The number of rotatable bonds is 5. The van der Waals surface area contributed by atoms with Gasteiger partial charge in [-0.1, -0.05) is 36.0 Å². The van der Waals surface area contributed by atoms with Gasteiger partial charge < -0.3 is 9.47 Å². The molecule has 0 saturated carbocycles. The topological polar surface area (TPSA) is 51.1 Å². The number of carbonyl (C=O) groups is 1. The van der Waals surface area contributed by atoms with Gasteiger partial charge in [0.05, 0.1) is 26.3 Å². The summed E-state index contributed by atoms with van der Waals surface area (Å²) in [6, 6.07) is 11.8. The van der Waals surface area contributed by atoms with Crippen molar-refractivity contribution in [3.05, 3.63) is 59.4 Å². The van der Waals surface area contributed by atoms with Crippen molar-refractivity contribution in [1.29, 1.82) is 0 Å². The van der Waals surface area contributed by atoms with E-state index in [0.717, 1.165) is 0 Å². The summed E-state index contributed by atoms with van der Waals surface area (Å²) in [5.41, 5.74) is 0.992. The lowest BCUT2D eigenvalue weighted by atomic mass is 10.1. The van der Waals surface area contributed by atoms with Crippen LogP contribution in [0.4, 0.5) is 4.39 Å². The Morgan fingerprint density at radius 2 is 2.00 bits per heavy atom. The third-order valence-corrected chi connectivity index (χ3v) is 5.06. The van der Waals surface area contributed by atoms with Crippen molar-refractivity contribution in [1.82, 2.24) is 4.90 Å². The standard InChI is InChI=1S/C19H19FN2O3S/c1-24-16-9-5-7-14(17(16)25-2)18(23)22-11-10-21-19(22)26-12-13-6-3-4-8-15(13)20/h3-9H,10-12H2,1-2H3. The average Bonchev–Trinajstić information content (AvgIpc) is 3.14. The van der Waals surface area contributed by atoms with Gasteiger partial charge in [0, 0.05) is 12.3 Å². The Balaban J connectivity index is 1.78. The van der Waals surface area contributed by atoms with Gasteiger partial charge in [0.2, 0.25) is 0 Å². The molecular formula is C19H19FN2O3S. The summed E-state index contributed by atoms with van der Waals surface area (Å²) in [4.78, 5) is 19.0. The van der Waals surface area contributed by atoms with E-state index in [1.165, 1.54) is 32.0 Å². The first-order valence-electron chi connectivity index (χ1n) is 8.09. The highest BCUT2D eigenvalue weighted by Gasteiger charge is 2.28. The summed E-state index contributed by atoms with van der Waals surface area (Å²) in [6.45, 7) is 1.01. The van der Waals surface area contributed by atoms with E-state index in [4.69, 9.17) is 9.47 Å². The van der Waals surface area contributed by atoms with Crippen LogP contribution in [0.5, 0.6) is 11.5 Å². The summed E-state index contributed by atoms with van der Waals surface area (Å²) in [7, 11) is 3.03. The lowest BCUT2D eigenvalue weighted by Crippen LogP contribution is -2.33. The number of hydrogen-bond donors (Lipinski definition) is 0. The molecule has 0 unspecified atom stereocenters. The van der Waals surface area contributed by atoms with Gasteiger partial charge in [-0.05, 0) is 23.8 Å². The molecule has 0 N–H and O–H groups in total. The molecule has 1 aliphatic rings. The van der Waals surface area contributed by atoms with Crippen LogP contribution in [-0.4, -0.2) is 43.3 Å². The van der Waals surface area contributed by atoms with E-state index >= 15 is 0 Å². The first kappa shape index (κ1) is 18.3. The molecular weight excluding hydrogens is 355 g/mol. The fourth-order valence-corrected chi connectivity index (χ4v) is 3.73. The quantitative estimate of drug-likeness (QED) is 0.803. The molecule has 136 valence electrons. The molecule has 0 atom stereocenters. The largest absolute Gasteiger partial charge is 0.493 e. The maximum Gasteiger partial charge on any atom is 0.263 e. The predicted octanol–water partition coefficient (Wildman–Crippen LogP) is 3.59. The Labute approximate surface area is 155 Å². The Kier molecular flexibility index (Phi) is 5.78. The fraction of sp³-hybridized carbons (Fsp3) is 0.263. The second kappa shape index (κ2) is 8.23. The Morgan fingerprint density at radius 3 is 2.73 bits per heavy atom. The number of methoxy groups -OCH3 is 2. The summed E-state index contributed by atoms with van der Waals surface area (Å²) < 4.78 is 24.4. The third-order valence-electron chi connectivity index (χ3n) is 3.99. The minimum atomic E-state index is -0.258. The van der Waals surface area contributed by atoms with Crippen LogP contribution in [0, 0.1) is 5.82 Å². The number of halogens is 1. The maximum absolute atomic E-state index is 13.8. The molecule has 0 fully saturated rings. The number of aliphatic imine (C=N–C) groups is 1. The van der Waals surface area contributed by atoms with Gasteiger partial charge in [-0.25, -0.2) is 4.39 Å². The molecule has 5 nitrogen and oxygen atoms in total. The summed E-state index contributed by atoms with van der Waals surface area (Å²) >= 11 is 1.35. The van der Waals surface area contributed by atoms with Gasteiger partial charge >= 0.3 is 0 Å². The minimum Gasteiger partial charge on any atom is -0.493 e. The van der Waals surface area contributed by atoms with E-state index in [1.807, 2.05) is 0 Å². The van der Waals surface area contributed by atoms with E-state index in [0.29, 0.717) is 46.6 Å². The number of para-hydroxylation sites is 1. The van der Waals surface area contributed by atoms with Crippen molar-refractivity contribution < 1.29 is 18.7 Å². The van der Waals surface area contributed by atoms with Crippen LogP contribution in [0.15, 0.2) is 47.5 Å². The number of amides is 1. The number of benzene rings is 2. The fourth-order valence-electron chi connectivity index (χ4n) is 2.70. The first-order chi connectivity index (χ1) is 12.7. The number of hydrogen-bond acceptors (Lipinski definition) is 5.